The van der Waals surface area contributed by atoms with E-state index < -0.39 is 0 Å². The fourth-order valence-corrected chi connectivity index (χ4v) is 3.70. The van der Waals surface area contributed by atoms with Gasteiger partial charge in [0.05, 0.1) is 12.8 Å². The summed E-state index contributed by atoms with van der Waals surface area (Å²) in [5, 5.41) is 2.68. The van der Waals surface area contributed by atoms with E-state index in [9.17, 15) is 4.79 Å². The van der Waals surface area contributed by atoms with E-state index in [1.54, 1.807) is 7.11 Å². The first kappa shape index (κ1) is 18.1. The first-order chi connectivity index (χ1) is 12.7. The van der Waals surface area contributed by atoms with Crippen molar-refractivity contribution in [2.75, 3.05) is 12.4 Å². The molecule has 0 spiro atoms. The Kier molecular flexibility index (Phi) is 5.97. The van der Waals surface area contributed by atoms with Crippen LogP contribution in [0.15, 0.2) is 83.8 Å². The number of rotatable bonds is 6. The van der Waals surface area contributed by atoms with E-state index in [1.807, 2.05) is 85.8 Å². The molecular formula is C22H21NO2S. The Morgan fingerprint density at radius 2 is 1.62 bits per heavy atom. The highest BCUT2D eigenvalue weighted by Crippen LogP contribution is 2.37. The van der Waals surface area contributed by atoms with Crippen molar-refractivity contribution in [3.8, 4) is 5.75 Å². The average molecular weight is 363 g/mol. The highest BCUT2D eigenvalue weighted by Gasteiger charge is 2.23. The van der Waals surface area contributed by atoms with Crippen molar-refractivity contribution in [3.05, 3.63) is 90.0 Å². The molecule has 0 heterocycles. The largest absolute Gasteiger partial charge is 0.495 e. The number of carbonyl (C=O) groups excluding carboxylic acids is 1. The first-order valence-corrected chi connectivity index (χ1v) is 9.27. The monoisotopic (exact) mass is 363 g/mol. The second-order valence-corrected chi connectivity index (χ2v) is 7.09. The molecule has 0 radical (unpaired) electrons. The predicted octanol–water partition coefficient (Wildman–Crippen LogP) is 5.48. The second-order valence-electron chi connectivity index (χ2n) is 5.91. The summed E-state index contributed by atoms with van der Waals surface area (Å²) in [4.78, 5) is 14.2. The number of thioether (sulfide) groups is 1. The van der Waals surface area contributed by atoms with Gasteiger partial charge in [-0.2, -0.15) is 0 Å². The van der Waals surface area contributed by atoms with Crippen molar-refractivity contribution in [2.45, 2.75) is 17.1 Å². The molecule has 0 unspecified atom stereocenters. The van der Waals surface area contributed by atoms with Crippen molar-refractivity contribution < 1.29 is 9.53 Å². The maximum absolute atomic E-state index is 13.1. The van der Waals surface area contributed by atoms with E-state index in [0.29, 0.717) is 11.4 Å². The normalized spacial score (nSPS) is 11.6. The van der Waals surface area contributed by atoms with Crippen molar-refractivity contribution in [1.29, 1.82) is 0 Å². The predicted molar refractivity (Wildman–Crippen MR) is 108 cm³/mol. The zero-order chi connectivity index (χ0) is 18.4. The van der Waals surface area contributed by atoms with Gasteiger partial charge in [-0.25, -0.2) is 0 Å². The molecule has 0 aliphatic rings. The zero-order valence-electron chi connectivity index (χ0n) is 14.8. The highest BCUT2D eigenvalue weighted by atomic mass is 32.2. The Morgan fingerprint density at radius 1 is 0.962 bits per heavy atom. The molecule has 1 atom stereocenters. The summed E-state index contributed by atoms with van der Waals surface area (Å²) in [5.74, 6) is 0.578. The molecule has 3 nitrogen and oxygen atoms in total. The topological polar surface area (TPSA) is 38.3 Å². The average Bonchev–Trinajstić information content (AvgIpc) is 2.68. The van der Waals surface area contributed by atoms with Gasteiger partial charge in [-0.05, 0) is 42.3 Å². The smallest absolute Gasteiger partial charge is 0.242 e. The maximum atomic E-state index is 13.1. The lowest BCUT2D eigenvalue weighted by Crippen LogP contribution is -2.19. The van der Waals surface area contributed by atoms with Crippen molar-refractivity contribution >= 4 is 23.4 Å². The molecule has 1 amide bonds. The number of nitrogens with one attached hydrogen (secondary N) is 1. The van der Waals surface area contributed by atoms with Gasteiger partial charge >= 0.3 is 0 Å². The Bertz CT molecular complexity index is 866. The minimum atomic E-state index is -0.358. The summed E-state index contributed by atoms with van der Waals surface area (Å²) in [6.07, 6.45) is 0. The lowest BCUT2D eigenvalue weighted by Gasteiger charge is -2.18. The fourth-order valence-electron chi connectivity index (χ4n) is 2.65. The molecule has 3 rings (SSSR count). The molecular weight excluding hydrogens is 342 g/mol. The van der Waals surface area contributed by atoms with Crippen LogP contribution < -0.4 is 10.1 Å². The highest BCUT2D eigenvalue weighted by molar-refractivity contribution is 8.00. The molecule has 0 saturated heterocycles. The second kappa shape index (κ2) is 8.59. The van der Waals surface area contributed by atoms with Crippen LogP contribution in [0.4, 0.5) is 5.69 Å². The van der Waals surface area contributed by atoms with Crippen molar-refractivity contribution in [2.24, 2.45) is 0 Å². The van der Waals surface area contributed by atoms with Gasteiger partial charge in [-0.15, -0.1) is 11.8 Å². The first-order valence-electron chi connectivity index (χ1n) is 8.39. The Balaban J connectivity index is 1.89. The summed E-state index contributed by atoms with van der Waals surface area (Å²) >= 11 is 1.53. The Labute approximate surface area is 158 Å². The number of benzene rings is 3. The van der Waals surface area contributed by atoms with Crippen LogP contribution in [-0.2, 0) is 4.79 Å². The molecule has 0 saturated carbocycles. The standard InChI is InChI=1S/C22H21NO2S/c1-16-13-14-20(25-2)19(15-16)23-22(24)21(17-9-5-3-6-10-17)26-18-11-7-4-8-12-18/h3-15,21H,1-2H3,(H,23,24)/t21-/m1/s1. The minimum absolute atomic E-state index is 0.0750. The molecule has 26 heavy (non-hydrogen) atoms. The van der Waals surface area contributed by atoms with Crippen molar-refractivity contribution in [3.63, 3.8) is 0 Å². The summed E-state index contributed by atoms with van der Waals surface area (Å²) < 4.78 is 5.38. The number of carbonyl (C=O) groups is 1. The van der Waals surface area contributed by atoms with Gasteiger partial charge in [0.25, 0.3) is 0 Å². The van der Waals surface area contributed by atoms with Gasteiger partial charge in [0.1, 0.15) is 11.0 Å². The van der Waals surface area contributed by atoms with E-state index in [1.165, 1.54) is 11.8 Å². The molecule has 0 fully saturated rings. The quantitative estimate of drug-likeness (QED) is 0.590. The van der Waals surface area contributed by atoms with Crippen LogP contribution in [0.1, 0.15) is 16.4 Å². The van der Waals surface area contributed by atoms with E-state index in [2.05, 4.69) is 5.32 Å². The number of methoxy groups -OCH3 is 1. The van der Waals surface area contributed by atoms with E-state index in [4.69, 9.17) is 4.74 Å². The van der Waals surface area contributed by atoms with Crippen LogP contribution >= 0.6 is 11.8 Å². The molecule has 0 aliphatic heterocycles. The maximum Gasteiger partial charge on any atom is 0.242 e. The third kappa shape index (κ3) is 4.46. The Hall–Kier alpha value is -2.72. The van der Waals surface area contributed by atoms with Gasteiger partial charge in [-0.3, -0.25) is 4.79 Å². The van der Waals surface area contributed by atoms with Crippen LogP contribution in [0.25, 0.3) is 0 Å². The fraction of sp³-hybridized carbons (Fsp3) is 0.136. The number of aryl methyl sites for hydroxylation is 1. The summed E-state index contributed by atoms with van der Waals surface area (Å²) in [7, 11) is 1.60. The van der Waals surface area contributed by atoms with Gasteiger partial charge in [0.15, 0.2) is 0 Å². The van der Waals surface area contributed by atoms with Crippen LogP contribution in [0.2, 0.25) is 0 Å². The lowest BCUT2D eigenvalue weighted by atomic mass is 10.1. The number of hydrogen-bond donors (Lipinski definition) is 1. The third-order valence-electron chi connectivity index (χ3n) is 3.95. The lowest BCUT2D eigenvalue weighted by molar-refractivity contribution is -0.115. The molecule has 3 aromatic carbocycles. The van der Waals surface area contributed by atoms with Gasteiger partial charge in [0, 0.05) is 4.90 Å². The molecule has 0 bridgehead atoms. The van der Waals surface area contributed by atoms with Gasteiger partial charge in [-0.1, -0.05) is 54.6 Å². The number of hydrogen-bond acceptors (Lipinski definition) is 3. The number of amides is 1. The minimum Gasteiger partial charge on any atom is -0.495 e. The summed E-state index contributed by atoms with van der Waals surface area (Å²) in [6.45, 7) is 1.99. The number of anilines is 1. The van der Waals surface area contributed by atoms with E-state index in [0.717, 1.165) is 16.0 Å². The number of ether oxygens (including phenoxy) is 1. The van der Waals surface area contributed by atoms with Gasteiger partial charge in [0.2, 0.25) is 5.91 Å². The van der Waals surface area contributed by atoms with E-state index >= 15 is 0 Å². The third-order valence-corrected chi connectivity index (χ3v) is 5.22. The van der Waals surface area contributed by atoms with Crippen LogP contribution in [0.3, 0.4) is 0 Å². The Morgan fingerprint density at radius 3 is 2.27 bits per heavy atom. The van der Waals surface area contributed by atoms with Crippen LogP contribution in [-0.4, -0.2) is 13.0 Å². The summed E-state index contributed by atoms with van der Waals surface area (Å²) in [5.41, 5.74) is 2.71. The molecule has 132 valence electrons. The molecule has 0 aromatic heterocycles. The summed E-state index contributed by atoms with van der Waals surface area (Å²) in [6, 6.07) is 25.5. The molecule has 1 N–H and O–H groups in total. The SMILES string of the molecule is COc1ccc(C)cc1NC(=O)[C@H](Sc1ccccc1)c1ccccc1. The molecule has 3 aromatic rings. The zero-order valence-corrected chi connectivity index (χ0v) is 15.6. The van der Waals surface area contributed by atoms with Crippen LogP contribution in [0.5, 0.6) is 5.75 Å². The molecule has 4 heteroatoms. The van der Waals surface area contributed by atoms with E-state index in [-0.39, 0.29) is 11.2 Å². The van der Waals surface area contributed by atoms with Crippen LogP contribution in [0, 0.1) is 6.92 Å². The van der Waals surface area contributed by atoms with Gasteiger partial charge < -0.3 is 10.1 Å². The van der Waals surface area contributed by atoms with Crippen molar-refractivity contribution in [1.82, 2.24) is 0 Å². The molecule has 0 aliphatic carbocycles.